The minimum Gasteiger partial charge on any atom is -0.341 e. The highest BCUT2D eigenvalue weighted by Crippen LogP contribution is 2.26. The van der Waals surface area contributed by atoms with Crippen molar-refractivity contribution in [3.05, 3.63) is 18.0 Å². The van der Waals surface area contributed by atoms with Crippen LogP contribution in [0.2, 0.25) is 0 Å². The first kappa shape index (κ1) is 14.1. The summed E-state index contributed by atoms with van der Waals surface area (Å²) in [6.45, 7) is 3.16. The number of aromatic nitrogens is 5. The number of carbonyl (C=O) groups excluding carboxylic acids is 1. The first-order valence-corrected chi connectivity index (χ1v) is 7.67. The molecule has 8 nitrogen and oxygen atoms in total. The molecule has 1 fully saturated rings. The molecule has 1 aliphatic rings. The molecular weight excluding hydrogens is 292 g/mol. The SMILES string of the molecule is Cc1noc([C@@H]2CCN(C(=O)CSc3nncn3C)C2)n1. The summed E-state index contributed by atoms with van der Waals surface area (Å²) in [7, 11) is 1.86. The van der Waals surface area contributed by atoms with Gasteiger partial charge in [0.25, 0.3) is 0 Å². The van der Waals surface area contributed by atoms with E-state index in [1.807, 2.05) is 11.9 Å². The van der Waals surface area contributed by atoms with E-state index in [2.05, 4.69) is 20.3 Å². The molecule has 1 saturated heterocycles. The second kappa shape index (κ2) is 5.84. The number of rotatable bonds is 4. The average Bonchev–Trinajstić information content (AvgIpc) is 3.16. The summed E-state index contributed by atoms with van der Waals surface area (Å²) >= 11 is 1.40. The van der Waals surface area contributed by atoms with Crippen LogP contribution in [0.15, 0.2) is 16.0 Å². The number of hydrogen-bond acceptors (Lipinski definition) is 7. The van der Waals surface area contributed by atoms with E-state index < -0.39 is 0 Å². The summed E-state index contributed by atoms with van der Waals surface area (Å²) in [5.74, 6) is 1.87. The zero-order chi connectivity index (χ0) is 14.8. The van der Waals surface area contributed by atoms with Crippen molar-refractivity contribution < 1.29 is 9.32 Å². The van der Waals surface area contributed by atoms with Crippen molar-refractivity contribution in [3.8, 4) is 0 Å². The van der Waals surface area contributed by atoms with Gasteiger partial charge < -0.3 is 14.0 Å². The Morgan fingerprint density at radius 2 is 2.43 bits per heavy atom. The lowest BCUT2D eigenvalue weighted by molar-refractivity contribution is -0.127. The largest absolute Gasteiger partial charge is 0.341 e. The van der Waals surface area contributed by atoms with Crippen LogP contribution >= 0.6 is 11.8 Å². The van der Waals surface area contributed by atoms with Crippen LogP contribution in [-0.4, -0.2) is 54.6 Å². The average molecular weight is 308 g/mol. The van der Waals surface area contributed by atoms with Crippen LogP contribution in [0, 0.1) is 6.92 Å². The van der Waals surface area contributed by atoms with Crippen LogP contribution in [0.25, 0.3) is 0 Å². The van der Waals surface area contributed by atoms with Crippen molar-refractivity contribution in [1.82, 2.24) is 29.8 Å². The maximum atomic E-state index is 12.2. The van der Waals surface area contributed by atoms with Gasteiger partial charge in [-0.15, -0.1) is 10.2 Å². The Labute approximate surface area is 125 Å². The lowest BCUT2D eigenvalue weighted by Crippen LogP contribution is -2.30. The van der Waals surface area contributed by atoms with Crippen LogP contribution in [0.3, 0.4) is 0 Å². The van der Waals surface area contributed by atoms with E-state index in [-0.39, 0.29) is 11.8 Å². The molecule has 21 heavy (non-hydrogen) atoms. The van der Waals surface area contributed by atoms with Crippen molar-refractivity contribution in [2.75, 3.05) is 18.8 Å². The van der Waals surface area contributed by atoms with Gasteiger partial charge in [0.1, 0.15) is 6.33 Å². The zero-order valence-electron chi connectivity index (χ0n) is 11.9. The molecule has 1 amide bonds. The van der Waals surface area contributed by atoms with Gasteiger partial charge in [0.15, 0.2) is 11.0 Å². The van der Waals surface area contributed by atoms with Crippen LogP contribution in [-0.2, 0) is 11.8 Å². The van der Waals surface area contributed by atoms with E-state index >= 15 is 0 Å². The molecule has 0 aliphatic carbocycles. The van der Waals surface area contributed by atoms with Crippen molar-refractivity contribution in [2.24, 2.45) is 7.05 Å². The van der Waals surface area contributed by atoms with E-state index in [1.54, 1.807) is 17.8 Å². The van der Waals surface area contributed by atoms with Gasteiger partial charge in [-0.05, 0) is 13.3 Å². The molecule has 0 spiro atoms. The van der Waals surface area contributed by atoms with Gasteiger partial charge >= 0.3 is 0 Å². The van der Waals surface area contributed by atoms with Gasteiger partial charge in [-0.3, -0.25) is 4.79 Å². The minimum absolute atomic E-state index is 0.0988. The fraction of sp³-hybridized carbons (Fsp3) is 0.583. The van der Waals surface area contributed by atoms with E-state index in [4.69, 9.17) is 4.52 Å². The highest BCUT2D eigenvalue weighted by Gasteiger charge is 2.30. The zero-order valence-corrected chi connectivity index (χ0v) is 12.7. The van der Waals surface area contributed by atoms with Crippen LogP contribution in [0.4, 0.5) is 0 Å². The summed E-state index contributed by atoms with van der Waals surface area (Å²) in [5, 5.41) is 12.3. The van der Waals surface area contributed by atoms with E-state index in [1.165, 1.54) is 11.8 Å². The Morgan fingerprint density at radius 3 is 3.10 bits per heavy atom. The Balaban J connectivity index is 1.53. The van der Waals surface area contributed by atoms with E-state index in [0.29, 0.717) is 24.0 Å². The molecule has 9 heteroatoms. The monoisotopic (exact) mass is 308 g/mol. The van der Waals surface area contributed by atoms with Crippen molar-refractivity contribution in [1.29, 1.82) is 0 Å². The number of aryl methyl sites for hydroxylation is 2. The van der Waals surface area contributed by atoms with Crippen molar-refractivity contribution in [2.45, 2.75) is 24.4 Å². The highest BCUT2D eigenvalue weighted by atomic mass is 32.2. The first-order valence-electron chi connectivity index (χ1n) is 6.68. The van der Waals surface area contributed by atoms with E-state index in [9.17, 15) is 4.79 Å². The molecule has 0 radical (unpaired) electrons. The van der Waals surface area contributed by atoms with Crippen molar-refractivity contribution >= 4 is 17.7 Å². The summed E-state index contributed by atoms with van der Waals surface area (Å²) in [6, 6.07) is 0. The van der Waals surface area contributed by atoms with Crippen molar-refractivity contribution in [3.63, 3.8) is 0 Å². The highest BCUT2D eigenvalue weighted by molar-refractivity contribution is 7.99. The quantitative estimate of drug-likeness (QED) is 0.764. The normalized spacial score (nSPS) is 18.4. The topological polar surface area (TPSA) is 89.9 Å². The molecule has 2 aromatic rings. The second-order valence-electron chi connectivity index (χ2n) is 5.02. The molecule has 0 saturated carbocycles. The fourth-order valence-electron chi connectivity index (χ4n) is 2.29. The second-order valence-corrected chi connectivity index (χ2v) is 5.96. The van der Waals surface area contributed by atoms with Gasteiger partial charge in [-0.2, -0.15) is 4.98 Å². The molecule has 2 aromatic heterocycles. The van der Waals surface area contributed by atoms with Gasteiger partial charge in [-0.1, -0.05) is 16.9 Å². The molecule has 0 bridgehead atoms. The Bertz CT molecular complexity index is 639. The van der Waals surface area contributed by atoms with Crippen LogP contribution in [0.5, 0.6) is 0 Å². The number of hydrogen-bond donors (Lipinski definition) is 0. The predicted octanol–water partition coefficient (Wildman–Crippen LogP) is 0.615. The summed E-state index contributed by atoms with van der Waals surface area (Å²) in [6.07, 6.45) is 2.48. The third-order valence-corrected chi connectivity index (χ3v) is 4.45. The molecule has 112 valence electrons. The minimum atomic E-state index is 0.0988. The molecule has 1 atom stereocenters. The Morgan fingerprint density at radius 1 is 1.57 bits per heavy atom. The first-order chi connectivity index (χ1) is 10.1. The lowest BCUT2D eigenvalue weighted by atomic mass is 10.1. The predicted molar refractivity (Wildman–Crippen MR) is 74.7 cm³/mol. The van der Waals surface area contributed by atoms with Gasteiger partial charge in [0, 0.05) is 20.1 Å². The molecule has 1 aliphatic heterocycles. The lowest BCUT2D eigenvalue weighted by Gasteiger charge is -2.15. The number of carbonyl (C=O) groups is 1. The number of likely N-dealkylation sites (tertiary alicyclic amines) is 1. The maximum Gasteiger partial charge on any atom is 0.233 e. The third-order valence-electron chi connectivity index (χ3n) is 3.43. The fourth-order valence-corrected chi connectivity index (χ4v) is 3.08. The summed E-state index contributed by atoms with van der Waals surface area (Å²) in [5.41, 5.74) is 0. The molecular formula is C12H16N6O2S. The van der Waals surface area contributed by atoms with Gasteiger partial charge in [0.2, 0.25) is 11.8 Å². The van der Waals surface area contributed by atoms with Gasteiger partial charge in [-0.25, -0.2) is 0 Å². The number of thioether (sulfide) groups is 1. The van der Waals surface area contributed by atoms with Crippen LogP contribution in [0.1, 0.15) is 24.1 Å². The van der Waals surface area contributed by atoms with Crippen LogP contribution < -0.4 is 0 Å². The number of amides is 1. The Hall–Kier alpha value is -1.90. The molecule has 0 unspecified atom stereocenters. The summed E-state index contributed by atoms with van der Waals surface area (Å²) < 4.78 is 6.98. The van der Waals surface area contributed by atoms with Gasteiger partial charge in [0.05, 0.1) is 11.7 Å². The molecule has 3 rings (SSSR count). The smallest absolute Gasteiger partial charge is 0.233 e. The van der Waals surface area contributed by atoms with E-state index in [0.717, 1.165) is 18.1 Å². The molecule has 0 aromatic carbocycles. The maximum absolute atomic E-state index is 12.2. The standard InChI is InChI=1S/C12H16N6O2S/c1-8-14-11(20-16-8)9-3-4-18(5-9)10(19)6-21-12-15-13-7-17(12)2/h7,9H,3-6H2,1-2H3/t9-/m1/s1. The molecule has 0 N–H and O–H groups in total. The Kier molecular flexibility index (Phi) is 3.91. The summed E-state index contributed by atoms with van der Waals surface area (Å²) in [4.78, 5) is 18.3. The third kappa shape index (κ3) is 3.07. The molecule has 3 heterocycles. The number of nitrogens with zero attached hydrogens (tertiary/aromatic N) is 6.